The lowest BCUT2D eigenvalue weighted by molar-refractivity contribution is -0.156. The van der Waals surface area contributed by atoms with Crippen LogP contribution < -0.4 is 0 Å². The van der Waals surface area contributed by atoms with Gasteiger partial charge in [0.2, 0.25) is 0 Å². The van der Waals surface area contributed by atoms with Crippen molar-refractivity contribution >= 4 is 11.8 Å². The fraction of sp³-hybridized carbons (Fsp3) is 0.778. The van der Waals surface area contributed by atoms with E-state index in [1.165, 1.54) is 7.11 Å². The standard InChI is InChI=1S/C9H14O3/c1-3-9(8(11)12-2)6-4-5-7(9)10/h3-6H2,1-2H3. The van der Waals surface area contributed by atoms with Gasteiger partial charge in [0.1, 0.15) is 11.2 Å². The van der Waals surface area contributed by atoms with Crippen molar-refractivity contribution in [1.29, 1.82) is 0 Å². The van der Waals surface area contributed by atoms with Gasteiger partial charge in [0.15, 0.2) is 0 Å². The van der Waals surface area contributed by atoms with Crippen LogP contribution in [-0.4, -0.2) is 18.9 Å². The molecule has 0 radical (unpaired) electrons. The number of hydrogen-bond acceptors (Lipinski definition) is 3. The Labute approximate surface area is 72.1 Å². The van der Waals surface area contributed by atoms with Gasteiger partial charge in [-0.2, -0.15) is 0 Å². The van der Waals surface area contributed by atoms with Crippen LogP contribution in [-0.2, 0) is 14.3 Å². The number of methoxy groups -OCH3 is 1. The average molecular weight is 170 g/mol. The Hall–Kier alpha value is -0.860. The van der Waals surface area contributed by atoms with Crippen LogP contribution in [0.3, 0.4) is 0 Å². The summed E-state index contributed by atoms with van der Waals surface area (Å²) in [6, 6.07) is 0. The monoisotopic (exact) mass is 170 g/mol. The van der Waals surface area contributed by atoms with E-state index in [4.69, 9.17) is 0 Å². The molecule has 0 amide bonds. The molecule has 0 bridgehead atoms. The fourth-order valence-corrected chi connectivity index (χ4v) is 1.86. The molecule has 0 aromatic rings. The molecular weight excluding hydrogens is 156 g/mol. The van der Waals surface area contributed by atoms with E-state index >= 15 is 0 Å². The van der Waals surface area contributed by atoms with E-state index in [9.17, 15) is 9.59 Å². The number of hydrogen-bond donors (Lipinski definition) is 0. The molecule has 12 heavy (non-hydrogen) atoms. The van der Waals surface area contributed by atoms with Crippen LogP contribution in [0, 0.1) is 5.41 Å². The summed E-state index contributed by atoms with van der Waals surface area (Å²) in [5, 5.41) is 0. The molecule has 1 unspecified atom stereocenters. The van der Waals surface area contributed by atoms with Crippen molar-refractivity contribution in [3.8, 4) is 0 Å². The normalized spacial score (nSPS) is 29.0. The SMILES string of the molecule is CCC1(C(=O)OC)CCCC1=O. The quantitative estimate of drug-likeness (QED) is 0.463. The number of carbonyl (C=O) groups excluding carboxylic acids is 2. The summed E-state index contributed by atoms with van der Waals surface area (Å²) < 4.78 is 4.64. The molecular formula is C9H14O3. The second kappa shape index (κ2) is 3.25. The Morgan fingerprint density at radius 2 is 2.33 bits per heavy atom. The van der Waals surface area contributed by atoms with Crippen LogP contribution in [0.2, 0.25) is 0 Å². The van der Waals surface area contributed by atoms with Crippen LogP contribution in [0.1, 0.15) is 32.6 Å². The second-order valence-electron chi connectivity index (χ2n) is 3.20. The number of esters is 1. The molecule has 3 nitrogen and oxygen atoms in total. The van der Waals surface area contributed by atoms with Crippen LogP contribution in [0.15, 0.2) is 0 Å². The van der Waals surface area contributed by atoms with Crippen molar-refractivity contribution in [2.24, 2.45) is 5.41 Å². The highest BCUT2D eigenvalue weighted by Gasteiger charge is 2.47. The van der Waals surface area contributed by atoms with Gasteiger partial charge in [-0.1, -0.05) is 6.92 Å². The third-order valence-electron chi connectivity index (χ3n) is 2.72. The van der Waals surface area contributed by atoms with E-state index in [1.807, 2.05) is 6.92 Å². The first kappa shape index (κ1) is 9.23. The summed E-state index contributed by atoms with van der Waals surface area (Å²) >= 11 is 0. The summed E-state index contributed by atoms with van der Waals surface area (Å²) in [7, 11) is 1.34. The number of Topliss-reactive ketones (excluding diaryl/α,β-unsaturated/α-hetero) is 1. The van der Waals surface area contributed by atoms with E-state index in [0.717, 1.165) is 6.42 Å². The molecule has 68 valence electrons. The summed E-state index contributed by atoms with van der Waals surface area (Å²) in [5.41, 5.74) is -0.797. The summed E-state index contributed by atoms with van der Waals surface area (Å²) in [6.45, 7) is 1.86. The number of ether oxygens (including phenoxy) is 1. The maximum absolute atomic E-state index is 11.4. The maximum Gasteiger partial charge on any atom is 0.319 e. The fourth-order valence-electron chi connectivity index (χ4n) is 1.86. The van der Waals surface area contributed by atoms with E-state index in [1.54, 1.807) is 0 Å². The van der Waals surface area contributed by atoms with Gasteiger partial charge in [0, 0.05) is 6.42 Å². The van der Waals surface area contributed by atoms with Gasteiger partial charge >= 0.3 is 5.97 Å². The van der Waals surface area contributed by atoms with Gasteiger partial charge in [-0.15, -0.1) is 0 Å². The van der Waals surface area contributed by atoms with Crippen molar-refractivity contribution in [2.45, 2.75) is 32.6 Å². The summed E-state index contributed by atoms with van der Waals surface area (Å²) in [6.07, 6.45) is 2.58. The van der Waals surface area contributed by atoms with Gasteiger partial charge in [-0.25, -0.2) is 0 Å². The lowest BCUT2D eigenvalue weighted by Gasteiger charge is -2.21. The average Bonchev–Trinajstić information content (AvgIpc) is 2.46. The summed E-state index contributed by atoms with van der Waals surface area (Å²) in [4.78, 5) is 22.8. The molecule has 0 saturated heterocycles. The molecule has 1 saturated carbocycles. The molecule has 1 aliphatic carbocycles. The molecule has 0 aromatic heterocycles. The highest BCUT2D eigenvalue weighted by atomic mass is 16.5. The van der Waals surface area contributed by atoms with E-state index in [2.05, 4.69) is 4.74 Å². The van der Waals surface area contributed by atoms with E-state index < -0.39 is 5.41 Å². The molecule has 0 aromatic carbocycles. The molecule has 1 atom stereocenters. The maximum atomic E-state index is 11.4. The molecule has 0 heterocycles. The predicted molar refractivity (Wildman–Crippen MR) is 43.6 cm³/mol. The van der Waals surface area contributed by atoms with Gasteiger partial charge in [0.25, 0.3) is 0 Å². The van der Waals surface area contributed by atoms with Crippen molar-refractivity contribution in [3.05, 3.63) is 0 Å². The molecule has 3 heteroatoms. The highest BCUT2D eigenvalue weighted by molar-refractivity contribution is 6.05. The zero-order chi connectivity index (χ0) is 9.19. The minimum absolute atomic E-state index is 0.0526. The zero-order valence-corrected chi connectivity index (χ0v) is 7.55. The first-order valence-electron chi connectivity index (χ1n) is 4.29. The smallest absolute Gasteiger partial charge is 0.319 e. The molecule has 0 N–H and O–H groups in total. The van der Waals surface area contributed by atoms with E-state index in [-0.39, 0.29) is 11.8 Å². The van der Waals surface area contributed by atoms with Crippen LogP contribution >= 0.6 is 0 Å². The van der Waals surface area contributed by atoms with Crippen LogP contribution in [0.4, 0.5) is 0 Å². The lowest BCUT2D eigenvalue weighted by atomic mass is 9.82. The van der Waals surface area contributed by atoms with Crippen molar-refractivity contribution in [3.63, 3.8) is 0 Å². The minimum atomic E-state index is -0.797. The first-order valence-corrected chi connectivity index (χ1v) is 4.29. The van der Waals surface area contributed by atoms with Gasteiger partial charge < -0.3 is 4.74 Å². The predicted octanol–water partition coefficient (Wildman–Crippen LogP) is 1.31. The lowest BCUT2D eigenvalue weighted by Crippen LogP contribution is -2.35. The van der Waals surface area contributed by atoms with Gasteiger partial charge in [0.05, 0.1) is 7.11 Å². The van der Waals surface area contributed by atoms with Crippen molar-refractivity contribution < 1.29 is 14.3 Å². The molecule has 1 fully saturated rings. The van der Waals surface area contributed by atoms with E-state index in [0.29, 0.717) is 19.3 Å². The number of ketones is 1. The third-order valence-corrected chi connectivity index (χ3v) is 2.72. The third kappa shape index (κ3) is 1.13. The highest BCUT2D eigenvalue weighted by Crippen LogP contribution is 2.38. The zero-order valence-electron chi connectivity index (χ0n) is 7.55. The Balaban J connectivity index is 2.88. The van der Waals surface area contributed by atoms with Crippen LogP contribution in [0.5, 0.6) is 0 Å². The Morgan fingerprint density at radius 3 is 2.67 bits per heavy atom. The first-order chi connectivity index (χ1) is 5.67. The summed E-state index contributed by atoms with van der Waals surface area (Å²) in [5.74, 6) is -0.302. The van der Waals surface area contributed by atoms with Crippen LogP contribution in [0.25, 0.3) is 0 Å². The minimum Gasteiger partial charge on any atom is -0.468 e. The Bertz CT molecular complexity index is 210. The Kier molecular flexibility index (Phi) is 2.50. The number of carbonyl (C=O) groups is 2. The van der Waals surface area contributed by atoms with Gasteiger partial charge in [-0.3, -0.25) is 9.59 Å². The molecule has 1 rings (SSSR count). The molecule has 0 spiro atoms. The molecule has 1 aliphatic rings. The number of rotatable bonds is 2. The Morgan fingerprint density at radius 1 is 1.67 bits per heavy atom. The second-order valence-corrected chi connectivity index (χ2v) is 3.20. The largest absolute Gasteiger partial charge is 0.468 e. The van der Waals surface area contributed by atoms with Crippen molar-refractivity contribution in [1.82, 2.24) is 0 Å². The van der Waals surface area contributed by atoms with Gasteiger partial charge in [-0.05, 0) is 19.3 Å². The molecule has 0 aliphatic heterocycles. The van der Waals surface area contributed by atoms with Crippen molar-refractivity contribution in [2.75, 3.05) is 7.11 Å². The topological polar surface area (TPSA) is 43.4 Å².